The SMILES string of the molecule is C=C(/N=C\C(=C/C)C(=O)NCCC(c1ccccc1)c1ccccc1)NC(O)(CC(=N)Cc1cccnc1)C(F)(F)F. The van der Waals surface area contributed by atoms with Gasteiger partial charge >= 0.3 is 6.18 Å². The second-order valence-corrected chi connectivity index (χ2v) is 9.67. The minimum absolute atomic E-state index is 0.0522. The lowest BCUT2D eigenvalue weighted by molar-refractivity contribution is -0.267. The Kier molecular flexibility index (Phi) is 11.3. The minimum Gasteiger partial charge on any atom is -0.363 e. The van der Waals surface area contributed by atoms with Gasteiger partial charge < -0.3 is 21.1 Å². The van der Waals surface area contributed by atoms with E-state index in [-0.39, 0.29) is 23.6 Å². The number of pyridine rings is 1. The average molecular weight is 578 g/mol. The maximum atomic E-state index is 13.8. The summed E-state index contributed by atoms with van der Waals surface area (Å²) in [4.78, 5) is 20.5. The molecule has 4 N–H and O–H groups in total. The zero-order valence-corrected chi connectivity index (χ0v) is 23.2. The van der Waals surface area contributed by atoms with Gasteiger partial charge in [0.05, 0.1) is 5.57 Å². The highest BCUT2D eigenvalue weighted by molar-refractivity contribution is 6.12. The van der Waals surface area contributed by atoms with Gasteiger partial charge in [-0.3, -0.25) is 9.78 Å². The van der Waals surface area contributed by atoms with E-state index in [2.05, 4.69) is 21.9 Å². The van der Waals surface area contributed by atoms with Crippen molar-refractivity contribution < 1.29 is 23.1 Å². The molecule has 0 fully saturated rings. The summed E-state index contributed by atoms with van der Waals surface area (Å²) >= 11 is 0. The van der Waals surface area contributed by atoms with Crippen LogP contribution in [0.3, 0.4) is 0 Å². The van der Waals surface area contributed by atoms with Crippen LogP contribution in [0.25, 0.3) is 0 Å². The molecule has 0 radical (unpaired) electrons. The van der Waals surface area contributed by atoms with Gasteiger partial charge in [-0.25, -0.2) is 4.99 Å². The fourth-order valence-corrected chi connectivity index (χ4v) is 4.35. The monoisotopic (exact) mass is 577 g/mol. The number of amides is 1. The normalized spacial score (nSPS) is 13.5. The number of alkyl halides is 3. The van der Waals surface area contributed by atoms with Gasteiger partial charge in [-0.15, -0.1) is 0 Å². The van der Waals surface area contributed by atoms with Crippen molar-refractivity contribution in [3.8, 4) is 0 Å². The molecule has 0 aliphatic rings. The number of allylic oxidation sites excluding steroid dienone is 1. The summed E-state index contributed by atoms with van der Waals surface area (Å²) in [5.41, 5.74) is -0.994. The first-order chi connectivity index (χ1) is 20.0. The van der Waals surface area contributed by atoms with Crippen LogP contribution in [-0.4, -0.2) is 46.4 Å². The fraction of sp³-hybridized carbons (Fsp3) is 0.250. The summed E-state index contributed by atoms with van der Waals surface area (Å²) in [5, 5.41) is 23.2. The van der Waals surface area contributed by atoms with E-state index in [9.17, 15) is 23.1 Å². The largest absolute Gasteiger partial charge is 0.436 e. The van der Waals surface area contributed by atoms with Crippen LogP contribution in [-0.2, 0) is 11.2 Å². The van der Waals surface area contributed by atoms with E-state index in [4.69, 9.17) is 5.41 Å². The first-order valence-corrected chi connectivity index (χ1v) is 13.3. The first kappa shape index (κ1) is 32.0. The Bertz CT molecular complexity index is 1350. The molecule has 1 amide bonds. The second-order valence-electron chi connectivity index (χ2n) is 9.67. The lowest BCUT2D eigenvalue weighted by Crippen LogP contribution is -2.57. The van der Waals surface area contributed by atoms with E-state index in [1.54, 1.807) is 19.1 Å². The summed E-state index contributed by atoms with van der Waals surface area (Å²) in [5.74, 6) is -0.932. The van der Waals surface area contributed by atoms with Crippen LogP contribution in [0, 0.1) is 5.41 Å². The van der Waals surface area contributed by atoms with Gasteiger partial charge in [0.1, 0.15) is 5.82 Å². The van der Waals surface area contributed by atoms with Gasteiger partial charge in [-0.2, -0.15) is 13.2 Å². The third-order valence-electron chi connectivity index (χ3n) is 6.48. The number of hydrogen-bond acceptors (Lipinski definition) is 6. The van der Waals surface area contributed by atoms with Crippen LogP contribution in [0.15, 0.2) is 114 Å². The Balaban J connectivity index is 1.60. The van der Waals surface area contributed by atoms with Gasteiger partial charge in [-0.05, 0) is 36.1 Å². The summed E-state index contributed by atoms with van der Waals surface area (Å²) < 4.78 is 41.5. The van der Waals surface area contributed by atoms with E-state index < -0.39 is 30.1 Å². The number of aromatic nitrogens is 1. The molecule has 1 aromatic heterocycles. The Hall–Kier alpha value is -4.57. The second kappa shape index (κ2) is 14.9. The first-order valence-electron chi connectivity index (χ1n) is 13.3. The molecule has 2 aromatic carbocycles. The minimum atomic E-state index is -5.14. The molecule has 3 aromatic rings. The Morgan fingerprint density at radius 1 is 1.07 bits per heavy atom. The van der Waals surface area contributed by atoms with Gasteiger partial charge in [-0.1, -0.05) is 79.4 Å². The molecule has 0 aliphatic heterocycles. The van der Waals surface area contributed by atoms with Crippen LogP contribution in [0.1, 0.15) is 42.4 Å². The van der Waals surface area contributed by atoms with E-state index in [1.807, 2.05) is 66.0 Å². The quantitative estimate of drug-likeness (QED) is 0.112. The van der Waals surface area contributed by atoms with Crippen LogP contribution >= 0.6 is 0 Å². The van der Waals surface area contributed by atoms with E-state index in [0.29, 0.717) is 18.5 Å². The highest BCUT2D eigenvalue weighted by atomic mass is 19.4. The molecular weight excluding hydrogens is 543 g/mol. The Morgan fingerprint density at radius 2 is 1.69 bits per heavy atom. The summed E-state index contributed by atoms with van der Waals surface area (Å²) in [6, 6.07) is 23.1. The maximum Gasteiger partial charge on any atom is 0.436 e. The number of carbonyl (C=O) groups excluding carboxylic acids is 1. The number of rotatable bonds is 14. The number of hydrogen-bond donors (Lipinski definition) is 4. The summed E-state index contributed by atoms with van der Waals surface area (Å²) in [7, 11) is 0. The van der Waals surface area contributed by atoms with Crippen LogP contribution in [0.5, 0.6) is 0 Å². The van der Waals surface area contributed by atoms with E-state index in [0.717, 1.165) is 17.3 Å². The zero-order chi connectivity index (χ0) is 30.6. The molecule has 1 unspecified atom stereocenters. The molecule has 220 valence electrons. The summed E-state index contributed by atoms with van der Waals surface area (Å²) in [6.07, 6.45) is -0.207. The van der Waals surface area contributed by atoms with Crippen molar-refractivity contribution in [3.63, 3.8) is 0 Å². The molecule has 0 spiro atoms. The number of carbonyl (C=O) groups is 1. The molecule has 7 nitrogen and oxygen atoms in total. The van der Waals surface area contributed by atoms with Crippen molar-refractivity contribution in [2.45, 2.75) is 44.0 Å². The molecule has 1 heterocycles. The van der Waals surface area contributed by atoms with Crippen LogP contribution in [0.4, 0.5) is 13.2 Å². The number of nitrogens with one attached hydrogen (secondary N) is 3. The van der Waals surface area contributed by atoms with Crippen LogP contribution in [0.2, 0.25) is 0 Å². The number of aliphatic imine (C=N–C) groups is 1. The predicted molar refractivity (Wildman–Crippen MR) is 158 cm³/mol. The van der Waals surface area contributed by atoms with Gasteiger partial charge in [0, 0.05) is 49.6 Å². The Morgan fingerprint density at radius 3 is 2.21 bits per heavy atom. The fourth-order valence-electron chi connectivity index (χ4n) is 4.35. The van der Waals surface area contributed by atoms with Gasteiger partial charge in [0.2, 0.25) is 5.72 Å². The molecule has 1 atom stereocenters. The number of nitrogens with zero attached hydrogens (tertiary/aromatic N) is 2. The molecule has 0 saturated heterocycles. The number of halogens is 3. The van der Waals surface area contributed by atoms with Crippen molar-refractivity contribution in [2.75, 3.05) is 6.54 Å². The molecule has 10 heteroatoms. The van der Waals surface area contributed by atoms with Crippen molar-refractivity contribution in [1.29, 1.82) is 5.41 Å². The van der Waals surface area contributed by atoms with Gasteiger partial charge in [0.25, 0.3) is 5.91 Å². The maximum absolute atomic E-state index is 13.8. The van der Waals surface area contributed by atoms with E-state index >= 15 is 0 Å². The Labute approximate surface area is 243 Å². The number of aliphatic hydroxyl groups is 1. The van der Waals surface area contributed by atoms with Crippen molar-refractivity contribution in [1.82, 2.24) is 15.6 Å². The zero-order valence-electron chi connectivity index (χ0n) is 23.2. The topological polar surface area (TPSA) is 110 Å². The molecule has 42 heavy (non-hydrogen) atoms. The third-order valence-corrected chi connectivity index (χ3v) is 6.48. The van der Waals surface area contributed by atoms with Crippen LogP contribution < -0.4 is 10.6 Å². The highest BCUT2D eigenvalue weighted by Gasteiger charge is 2.54. The molecular formula is C32H34F3N5O2. The predicted octanol–water partition coefficient (Wildman–Crippen LogP) is 5.70. The summed E-state index contributed by atoms with van der Waals surface area (Å²) in [6.45, 7) is 5.39. The smallest absolute Gasteiger partial charge is 0.363 e. The number of benzene rings is 2. The molecule has 0 saturated carbocycles. The van der Waals surface area contributed by atoms with Crippen molar-refractivity contribution >= 4 is 17.8 Å². The lowest BCUT2D eigenvalue weighted by Gasteiger charge is -2.32. The van der Waals surface area contributed by atoms with E-state index in [1.165, 1.54) is 18.5 Å². The van der Waals surface area contributed by atoms with Gasteiger partial charge in [0.15, 0.2) is 0 Å². The molecule has 0 aliphatic carbocycles. The standard InChI is InChI=1S/C32H34F3N5O2/c1-3-25(30(41)38-18-16-29(26-12-6-4-7-13-26)27-14-8-5-9-15-27)22-39-23(2)40-31(42,32(33,34)35)20-28(36)19-24-11-10-17-37-21-24/h3-15,17,21-22,29,36,40,42H,2,16,18-20H2,1H3,(H,38,41)/b25-3+,36-28?,39-22-. The third kappa shape index (κ3) is 9.24. The molecule has 0 bridgehead atoms. The lowest BCUT2D eigenvalue weighted by atomic mass is 9.88. The van der Waals surface area contributed by atoms with Crippen molar-refractivity contribution in [2.24, 2.45) is 4.99 Å². The van der Waals surface area contributed by atoms with Crippen molar-refractivity contribution in [3.05, 3.63) is 126 Å². The molecule has 3 rings (SSSR count). The average Bonchev–Trinajstić information content (AvgIpc) is 2.96. The highest BCUT2D eigenvalue weighted by Crippen LogP contribution is 2.32.